The van der Waals surface area contributed by atoms with Crippen LogP contribution in [0.3, 0.4) is 0 Å². The molecule has 1 N–H and O–H groups in total. The number of para-hydroxylation sites is 1. The molecular weight excluding hydrogens is 529 g/mol. The van der Waals surface area contributed by atoms with Crippen LogP contribution in [0.1, 0.15) is 37.5 Å². The molecule has 3 aromatic rings. The van der Waals surface area contributed by atoms with Gasteiger partial charge in [0.15, 0.2) is 0 Å². The molecule has 0 fully saturated rings. The number of alkyl carbamates (subject to hydrolysis) is 1. The number of amides is 1. The number of benzene rings is 3. The molecule has 0 heterocycles. The first-order valence-corrected chi connectivity index (χ1v) is 12.2. The third-order valence-corrected chi connectivity index (χ3v) is 5.47. The first-order valence-electron chi connectivity index (χ1n) is 11.4. The Bertz CT molecular complexity index is 1240. The van der Waals surface area contributed by atoms with E-state index in [-0.39, 0.29) is 25.5 Å². The number of nitrogens with one attached hydrogen (secondary N) is 1. The van der Waals surface area contributed by atoms with Gasteiger partial charge in [0, 0.05) is 16.6 Å². The van der Waals surface area contributed by atoms with Crippen molar-refractivity contribution in [3.05, 3.63) is 87.6 Å². The fraction of sp³-hybridized carbons (Fsp3) is 0.286. The number of hydrogen-bond donors (Lipinski definition) is 1. The minimum atomic E-state index is -0.619. The lowest BCUT2D eigenvalue weighted by Crippen LogP contribution is -2.32. The van der Waals surface area contributed by atoms with E-state index >= 15 is 0 Å². The van der Waals surface area contributed by atoms with Gasteiger partial charge >= 0.3 is 12.1 Å². The van der Waals surface area contributed by atoms with E-state index in [4.69, 9.17) is 14.2 Å². The lowest BCUT2D eigenvalue weighted by atomic mass is 10.0. The van der Waals surface area contributed by atoms with Gasteiger partial charge in [-0.25, -0.2) is 9.18 Å². The standard InChI is InChI=1S/C28H29BrFNO5/c1-28(2,3)36-27(33)31-16-18-9-22(14-24(30)12-18)21-10-19(11-23(29)13-21)17-35-25-8-6-5-7-20(25)15-26(32)34-4/h5-14H,15-17H2,1-4H3,(H,31,33). The zero-order valence-corrected chi connectivity index (χ0v) is 22.3. The molecule has 0 atom stereocenters. The van der Waals surface area contributed by atoms with Crippen LogP contribution < -0.4 is 10.1 Å². The molecule has 0 unspecified atom stereocenters. The molecule has 0 bridgehead atoms. The van der Waals surface area contributed by atoms with Crippen molar-refractivity contribution < 1.29 is 28.2 Å². The molecule has 0 aliphatic rings. The molecule has 190 valence electrons. The molecule has 0 saturated heterocycles. The minimum Gasteiger partial charge on any atom is -0.489 e. The van der Waals surface area contributed by atoms with E-state index in [0.717, 1.165) is 21.2 Å². The fourth-order valence-electron chi connectivity index (χ4n) is 3.49. The predicted octanol–water partition coefficient (Wildman–Crippen LogP) is 6.57. The third-order valence-electron chi connectivity index (χ3n) is 5.01. The number of methoxy groups -OCH3 is 1. The Kier molecular flexibility index (Phi) is 9.09. The van der Waals surface area contributed by atoms with E-state index in [1.807, 2.05) is 42.5 Å². The maximum atomic E-state index is 14.4. The summed E-state index contributed by atoms with van der Waals surface area (Å²) in [6.07, 6.45) is -0.456. The Hall–Kier alpha value is -3.39. The zero-order chi connectivity index (χ0) is 26.3. The van der Waals surface area contributed by atoms with E-state index in [0.29, 0.717) is 16.9 Å². The summed E-state index contributed by atoms with van der Waals surface area (Å²) >= 11 is 3.52. The molecule has 0 radical (unpaired) electrons. The van der Waals surface area contributed by atoms with Gasteiger partial charge < -0.3 is 19.5 Å². The molecule has 3 rings (SSSR count). The van der Waals surface area contributed by atoms with Crippen molar-refractivity contribution in [3.63, 3.8) is 0 Å². The van der Waals surface area contributed by atoms with Gasteiger partial charge in [0.2, 0.25) is 0 Å². The van der Waals surface area contributed by atoms with Gasteiger partial charge in [-0.2, -0.15) is 0 Å². The van der Waals surface area contributed by atoms with Gasteiger partial charge in [-0.05, 0) is 85.5 Å². The lowest BCUT2D eigenvalue weighted by Gasteiger charge is -2.19. The summed E-state index contributed by atoms with van der Waals surface area (Å²) in [4.78, 5) is 23.7. The molecule has 0 aromatic heterocycles. The van der Waals surface area contributed by atoms with E-state index in [2.05, 4.69) is 21.2 Å². The Balaban J connectivity index is 1.77. The Morgan fingerprint density at radius 2 is 1.67 bits per heavy atom. The minimum absolute atomic E-state index is 0.111. The Labute approximate surface area is 218 Å². The molecule has 3 aromatic carbocycles. The molecule has 6 nitrogen and oxygen atoms in total. The second kappa shape index (κ2) is 12.0. The SMILES string of the molecule is COC(=O)Cc1ccccc1OCc1cc(Br)cc(-c2cc(F)cc(CNC(=O)OC(C)(C)C)c2)c1. The average molecular weight is 558 g/mol. The highest BCUT2D eigenvalue weighted by Crippen LogP contribution is 2.28. The molecule has 1 amide bonds. The van der Waals surface area contributed by atoms with Crippen molar-refractivity contribution in [1.82, 2.24) is 5.32 Å². The van der Waals surface area contributed by atoms with Crippen molar-refractivity contribution in [2.45, 2.75) is 45.9 Å². The van der Waals surface area contributed by atoms with Crippen molar-refractivity contribution >= 4 is 28.0 Å². The topological polar surface area (TPSA) is 73.9 Å². The summed E-state index contributed by atoms with van der Waals surface area (Å²) in [6.45, 7) is 5.70. The van der Waals surface area contributed by atoms with Crippen molar-refractivity contribution in [2.24, 2.45) is 0 Å². The maximum absolute atomic E-state index is 14.4. The second-order valence-corrected chi connectivity index (χ2v) is 10.1. The number of rotatable bonds is 8. The van der Waals surface area contributed by atoms with E-state index in [1.54, 1.807) is 26.8 Å². The second-order valence-electron chi connectivity index (χ2n) is 9.20. The predicted molar refractivity (Wildman–Crippen MR) is 139 cm³/mol. The Morgan fingerprint density at radius 1 is 0.972 bits per heavy atom. The fourth-order valence-corrected chi connectivity index (χ4v) is 4.03. The molecule has 36 heavy (non-hydrogen) atoms. The Morgan fingerprint density at radius 3 is 2.39 bits per heavy atom. The first-order chi connectivity index (χ1) is 17.0. The van der Waals surface area contributed by atoms with Gasteiger partial charge in [0.1, 0.15) is 23.8 Å². The smallest absolute Gasteiger partial charge is 0.407 e. The quantitative estimate of drug-likeness (QED) is 0.317. The highest BCUT2D eigenvalue weighted by Gasteiger charge is 2.16. The van der Waals surface area contributed by atoms with Gasteiger partial charge in [-0.1, -0.05) is 34.1 Å². The van der Waals surface area contributed by atoms with Crippen LogP contribution in [0.5, 0.6) is 5.75 Å². The van der Waals surface area contributed by atoms with Crippen molar-refractivity contribution in [1.29, 1.82) is 0 Å². The monoisotopic (exact) mass is 557 g/mol. The summed E-state index contributed by atoms with van der Waals surface area (Å²) in [5.74, 6) is -0.174. The largest absolute Gasteiger partial charge is 0.489 e. The molecule has 8 heteroatoms. The van der Waals surface area contributed by atoms with E-state index < -0.39 is 17.5 Å². The number of esters is 1. The van der Waals surface area contributed by atoms with Crippen LogP contribution in [0.2, 0.25) is 0 Å². The van der Waals surface area contributed by atoms with Crippen LogP contribution >= 0.6 is 15.9 Å². The number of halogens is 2. The summed E-state index contributed by atoms with van der Waals surface area (Å²) in [7, 11) is 1.35. The number of ether oxygens (including phenoxy) is 3. The molecule has 0 aliphatic heterocycles. The molecule has 0 saturated carbocycles. The number of hydrogen-bond acceptors (Lipinski definition) is 5. The van der Waals surface area contributed by atoms with Crippen molar-refractivity contribution in [2.75, 3.05) is 7.11 Å². The summed E-state index contributed by atoms with van der Waals surface area (Å²) in [5, 5.41) is 2.66. The highest BCUT2D eigenvalue weighted by molar-refractivity contribution is 9.10. The summed E-state index contributed by atoms with van der Waals surface area (Å²) in [5.41, 5.74) is 3.00. The summed E-state index contributed by atoms with van der Waals surface area (Å²) in [6, 6.07) is 17.6. The van der Waals surface area contributed by atoms with E-state index in [1.165, 1.54) is 19.2 Å². The van der Waals surface area contributed by atoms with Gasteiger partial charge in [-0.3, -0.25) is 4.79 Å². The maximum Gasteiger partial charge on any atom is 0.407 e. The van der Waals surface area contributed by atoms with E-state index in [9.17, 15) is 14.0 Å². The third kappa shape index (κ3) is 8.37. The van der Waals surface area contributed by atoms with Crippen LogP contribution in [0.25, 0.3) is 11.1 Å². The number of carbonyl (C=O) groups excluding carboxylic acids is 2. The van der Waals surface area contributed by atoms with Crippen LogP contribution in [0.4, 0.5) is 9.18 Å². The van der Waals surface area contributed by atoms with Gasteiger partial charge in [0.25, 0.3) is 0 Å². The number of carbonyl (C=O) groups is 2. The zero-order valence-electron chi connectivity index (χ0n) is 20.7. The average Bonchev–Trinajstić information content (AvgIpc) is 2.80. The summed E-state index contributed by atoms with van der Waals surface area (Å²) < 4.78 is 31.3. The molecule has 0 spiro atoms. The van der Waals surface area contributed by atoms with Crippen LogP contribution in [0.15, 0.2) is 65.1 Å². The first kappa shape index (κ1) is 27.2. The highest BCUT2D eigenvalue weighted by atomic mass is 79.9. The van der Waals surface area contributed by atoms with Crippen LogP contribution in [-0.2, 0) is 33.8 Å². The van der Waals surface area contributed by atoms with Crippen LogP contribution in [0, 0.1) is 5.82 Å². The van der Waals surface area contributed by atoms with Crippen molar-refractivity contribution in [3.8, 4) is 16.9 Å². The van der Waals surface area contributed by atoms with Gasteiger partial charge in [-0.15, -0.1) is 0 Å². The molecule has 0 aliphatic carbocycles. The lowest BCUT2D eigenvalue weighted by molar-refractivity contribution is -0.139. The van der Waals surface area contributed by atoms with Gasteiger partial charge in [0.05, 0.1) is 13.5 Å². The normalized spacial score (nSPS) is 11.1. The van der Waals surface area contributed by atoms with Crippen LogP contribution in [-0.4, -0.2) is 24.8 Å². The molecular formula is C28H29BrFNO5.